The van der Waals surface area contributed by atoms with Crippen molar-refractivity contribution >= 4 is 11.9 Å². The fourth-order valence-corrected chi connectivity index (χ4v) is 1.42. The largest absolute Gasteiger partial charge is 0.480 e. The van der Waals surface area contributed by atoms with Gasteiger partial charge in [0.25, 0.3) is 5.56 Å². The third-order valence-electron chi connectivity index (χ3n) is 2.20. The zero-order valence-corrected chi connectivity index (χ0v) is 9.93. The molecule has 0 aromatic carbocycles. The number of carbonyl (C=O) groups is 2. The molecule has 8 heteroatoms. The lowest BCUT2D eigenvalue weighted by molar-refractivity contribution is -0.141. The van der Waals surface area contributed by atoms with Crippen molar-refractivity contribution in [1.82, 2.24) is 15.3 Å². The average Bonchev–Trinajstić information content (AvgIpc) is 2.26. The van der Waals surface area contributed by atoms with Crippen molar-refractivity contribution in [3.63, 3.8) is 0 Å². The highest BCUT2D eigenvalue weighted by molar-refractivity contribution is 5.84. The Balaban J connectivity index is 2.73. The first-order valence-electron chi connectivity index (χ1n) is 5.38. The Morgan fingerprint density at radius 3 is 2.63 bits per heavy atom. The number of hydrogen-bond donors (Lipinski definition) is 4. The third-order valence-corrected chi connectivity index (χ3v) is 2.20. The Kier molecular flexibility index (Phi) is 4.81. The Morgan fingerprint density at radius 1 is 1.42 bits per heavy atom. The van der Waals surface area contributed by atoms with Crippen LogP contribution in [0.4, 0.5) is 0 Å². The van der Waals surface area contributed by atoms with Gasteiger partial charge in [-0.15, -0.1) is 6.58 Å². The molecule has 1 rings (SSSR count). The molecule has 19 heavy (non-hydrogen) atoms. The van der Waals surface area contributed by atoms with Gasteiger partial charge in [0.1, 0.15) is 6.04 Å². The molecular formula is C11H13N3O5. The molecule has 1 heterocycles. The van der Waals surface area contributed by atoms with Crippen molar-refractivity contribution in [1.29, 1.82) is 0 Å². The van der Waals surface area contributed by atoms with Gasteiger partial charge in [-0.05, 0) is 6.42 Å². The second kappa shape index (κ2) is 6.34. The first-order chi connectivity index (χ1) is 8.92. The van der Waals surface area contributed by atoms with E-state index in [-0.39, 0.29) is 18.5 Å². The van der Waals surface area contributed by atoms with Crippen LogP contribution in [-0.4, -0.2) is 33.0 Å². The highest BCUT2D eigenvalue weighted by Gasteiger charge is 2.18. The molecule has 8 nitrogen and oxygen atoms in total. The van der Waals surface area contributed by atoms with Gasteiger partial charge in [-0.1, -0.05) is 6.08 Å². The van der Waals surface area contributed by atoms with Crippen LogP contribution < -0.4 is 16.6 Å². The van der Waals surface area contributed by atoms with Crippen molar-refractivity contribution in [2.24, 2.45) is 0 Å². The van der Waals surface area contributed by atoms with Gasteiger partial charge in [-0.3, -0.25) is 14.6 Å². The van der Waals surface area contributed by atoms with Gasteiger partial charge in [0.15, 0.2) is 0 Å². The van der Waals surface area contributed by atoms with Crippen LogP contribution in [0.1, 0.15) is 12.1 Å². The van der Waals surface area contributed by atoms with E-state index in [2.05, 4.69) is 16.9 Å². The Bertz CT molecular complexity index is 573. The minimum absolute atomic E-state index is 0.0764. The quantitative estimate of drug-likeness (QED) is 0.478. The molecule has 0 saturated heterocycles. The summed E-state index contributed by atoms with van der Waals surface area (Å²) in [4.78, 5) is 48.6. The van der Waals surface area contributed by atoms with Gasteiger partial charge in [0, 0.05) is 11.8 Å². The zero-order valence-electron chi connectivity index (χ0n) is 9.93. The van der Waals surface area contributed by atoms with Crippen LogP contribution in [0.3, 0.4) is 0 Å². The highest BCUT2D eigenvalue weighted by atomic mass is 16.4. The minimum Gasteiger partial charge on any atom is -0.480 e. The molecule has 4 N–H and O–H groups in total. The molecule has 0 spiro atoms. The zero-order chi connectivity index (χ0) is 14.4. The molecule has 1 atom stereocenters. The van der Waals surface area contributed by atoms with Crippen LogP contribution in [0, 0.1) is 0 Å². The molecule has 102 valence electrons. The lowest BCUT2D eigenvalue weighted by Gasteiger charge is -2.12. The van der Waals surface area contributed by atoms with Crippen LogP contribution in [0.2, 0.25) is 0 Å². The molecule has 0 aliphatic rings. The molecule has 0 aliphatic carbocycles. The van der Waals surface area contributed by atoms with Gasteiger partial charge >= 0.3 is 11.7 Å². The Hall–Kier alpha value is -2.64. The number of aromatic amines is 2. The fraction of sp³-hybridized carbons (Fsp3) is 0.273. The summed E-state index contributed by atoms with van der Waals surface area (Å²) < 4.78 is 0. The van der Waals surface area contributed by atoms with Gasteiger partial charge in [-0.2, -0.15) is 0 Å². The van der Waals surface area contributed by atoms with E-state index in [4.69, 9.17) is 5.11 Å². The summed E-state index contributed by atoms with van der Waals surface area (Å²) in [6.45, 7) is 3.39. The number of aliphatic carboxylic acids is 1. The molecule has 0 radical (unpaired) electrons. The number of carboxylic acids is 1. The lowest BCUT2D eigenvalue weighted by atomic mass is 10.2. The highest BCUT2D eigenvalue weighted by Crippen LogP contribution is 1.95. The second-order valence-electron chi connectivity index (χ2n) is 3.77. The van der Waals surface area contributed by atoms with E-state index >= 15 is 0 Å². The second-order valence-corrected chi connectivity index (χ2v) is 3.77. The van der Waals surface area contributed by atoms with Crippen molar-refractivity contribution in [2.45, 2.75) is 18.9 Å². The van der Waals surface area contributed by atoms with Crippen LogP contribution >= 0.6 is 0 Å². The molecule has 0 bridgehead atoms. The number of H-pyrrole nitrogens is 2. The Morgan fingerprint density at radius 2 is 2.11 bits per heavy atom. The summed E-state index contributed by atoms with van der Waals surface area (Å²) >= 11 is 0. The number of rotatable bonds is 6. The third kappa shape index (κ3) is 4.62. The van der Waals surface area contributed by atoms with Crippen molar-refractivity contribution in [2.75, 3.05) is 0 Å². The number of aromatic nitrogens is 2. The summed E-state index contributed by atoms with van der Waals surface area (Å²) in [5.74, 6) is -1.80. The molecule has 1 aromatic heterocycles. The predicted molar refractivity (Wildman–Crippen MR) is 65.8 cm³/mol. The monoisotopic (exact) mass is 267 g/mol. The number of hydrogen-bond acceptors (Lipinski definition) is 4. The normalized spacial score (nSPS) is 11.6. The molecule has 1 aromatic rings. The van der Waals surface area contributed by atoms with Crippen molar-refractivity contribution in [3.05, 3.63) is 45.3 Å². The fourth-order valence-electron chi connectivity index (χ4n) is 1.42. The maximum absolute atomic E-state index is 11.6. The van der Waals surface area contributed by atoms with Gasteiger partial charge in [0.05, 0.1) is 6.42 Å². The van der Waals surface area contributed by atoms with E-state index in [0.717, 1.165) is 6.07 Å². The first-order valence-corrected chi connectivity index (χ1v) is 5.38. The number of carboxylic acid groups (broad SMARTS) is 1. The Labute approximate surface area is 107 Å². The summed E-state index contributed by atoms with van der Waals surface area (Å²) in [6, 6.07) is -0.0247. The molecule has 1 unspecified atom stereocenters. The maximum atomic E-state index is 11.6. The first kappa shape index (κ1) is 14.4. The van der Waals surface area contributed by atoms with Crippen LogP contribution in [-0.2, 0) is 16.0 Å². The summed E-state index contributed by atoms with van der Waals surface area (Å²) in [7, 11) is 0. The van der Waals surface area contributed by atoms with Crippen LogP contribution in [0.15, 0.2) is 28.3 Å². The molecular weight excluding hydrogens is 254 g/mol. The van der Waals surface area contributed by atoms with Gasteiger partial charge < -0.3 is 15.4 Å². The number of carbonyl (C=O) groups excluding carboxylic acids is 1. The average molecular weight is 267 g/mol. The molecule has 0 aliphatic heterocycles. The van der Waals surface area contributed by atoms with Gasteiger partial charge in [-0.25, -0.2) is 9.59 Å². The van der Waals surface area contributed by atoms with E-state index in [1.165, 1.54) is 6.08 Å². The van der Waals surface area contributed by atoms with Gasteiger partial charge in [0.2, 0.25) is 5.91 Å². The van der Waals surface area contributed by atoms with E-state index in [1.807, 2.05) is 4.98 Å². The smallest absolute Gasteiger partial charge is 0.326 e. The number of amides is 1. The number of nitrogens with one attached hydrogen (secondary N) is 3. The van der Waals surface area contributed by atoms with E-state index in [9.17, 15) is 19.2 Å². The lowest BCUT2D eigenvalue weighted by Crippen LogP contribution is -2.41. The molecule has 0 saturated carbocycles. The van der Waals surface area contributed by atoms with E-state index in [1.54, 1.807) is 0 Å². The summed E-state index contributed by atoms with van der Waals surface area (Å²) in [5.41, 5.74) is -1.25. The molecule has 1 amide bonds. The standard InChI is InChI=1S/C11H13N3O5/c1-2-3-7(10(17)18)13-8(15)4-6-5-9(16)14-11(19)12-6/h2,5,7H,1,3-4H2,(H,13,15)(H,17,18)(H2,12,14,16,19). The summed E-state index contributed by atoms with van der Waals surface area (Å²) in [6.07, 6.45) is 1.15. The summed E-state index contributed by atoms with van der Waals surface area (Å²) in [5, 5.41) is 11.1. The molecule has 0 fully saturated rings. The maximum Gasteiger partial charge on any atom is 0.326 e. The topological polar surface area (TPSA) is 132 Å². The predicted octanol–water partition coefficient (Wildman–Crippen LogP) is -1.25. The SMILES string of the molecule is C=CCC(NC(=O)Cc1cc(=O)[nH]c(=O)[nH]1)C(=O)O. The van der Waals surface area contributed by atoms with Crippen molar-refractivity contribution < 1.29 is 14.7 Å². The minimum atomic E-state index is -1.19. The van der Waals surface area contributed by atoms with Crippen LogP contribution in [0.25, 0.3) is 0 Å². The van der Waals surface area contributed by atoms with Crippen molar-refractivity contribution in [3.8, 4) is 0 Å². The van der Waals surface area contributed by atoms with E-state index < -0.39 is 29.2 Å². The van der Waals surface area contributed by atoms with Crippen LogP contribution in [0.5, 0.6) is 0 Å². The van der Waals surface area contributed by atoms with E-state index in [0.29, 0.717) is 0 Å².